The van der Waals surface area contributed by atoms with E-state index in [9.17, 15) is 5.11 Å². The minimum absolute atomic E-state index is 0.226. The molecule has 0 radical (unpaired) electrons. The number of halogens is 1. The molecule has 19 heavy (non-hydrogen) atoms. The molecule has 0 aliphatic rings. The number of likely N-dealkylation sites (N-methyl/N-ethyl adjacent to an activating group) is 1. The summed E-state index contributed by atoms with van der Waals surface area (Å²) >= 11 is 3.46. The van der Waals surface area contributed by atoms with E-state index in [1.165, 1.54) is 0 Å². The second kappa shape index (κ2) is 7.38. The molecule has 1 heterocycles. The molecule has 0 fully saturated rings. The number of ether oxygens (including phenoxy) is 1. The molecule has 0 aromatic carbocycles. The topological polar surface area (TPSA) is 50.5 Å². The van der Waals surface area contributed by atoms with Gasteiger partial charge < -0.3 is 14.7 Å². The van der Waals surface area contributed by atoms with Crippen LogP contribution < -0.4 is 0 Å². The van der Waals surface area contributed by atoms with Gasteiger partial charge in [0.25, 0.3) is 0 Å². The zero-order valence-corrected chi connectivity index (χ0v) is 13.9. The van der Waals surface area contributed by atoms with Crippen molar-refractivity contribution >= 4 is 15.9 Å². The monoisotopic (exact) mass is 333 g/mol. The van der Waals surface area contributed by atoms with E-state index in [2.05, 4.69) is 25.9 Å². The number of hydrogen-bond donors (Lipinski definition) is 1. The molecule has 0 bridgehead atoms. The summed E-state index contributed by atoms with van der Waals surface area (Å²) in [5.74, 6) is 0.226. The van der Waals surface area contributed by atoms with Crippen LogP contribution in [0.3, 0.4) is 0 Å². The van der Waals surface area contributed by atoms with Crippen molar-refractivity contribution in [2.45, 2.75) is 32.6 Å². The fourth-order valence-electron chi connectivity index (χ4n) is 2.06. The number of methoxy groups -OCH3 is 1. The quantitative estimate of drug-likeness (QED) is 0.828. The maximum Gasteiger partial charge on any atom is 0.123 e. The number of rotatable bonds is 7. The molecule has 0 saturated heterocycles. The predicted molar refractivity (Wildman–Crippen MR) is 79.1 cm³/mol. The van der Waals surface area contributed by atoms with E-state index in [0.29, 0.717) is 0 Å². The maximum atomic E-state index is 10.5. The number of aromatic nitrogens is 2. The lowest BCUT2D eigenvalue weighted by molar-refractivity contribution is -0.0431. The van der Waals surface area contributed by atoms with Crippen LogP contribution in [0.1, 0.15) is 25.6 Å². The fraction of sp³-hybridized carbons (Fsp3) is 0.769. The Balaban J connectivity index is 2.94. The summed E-state index contributed by atoms with van der Waals surface area (Å²) in [6.45, 7) is 5.67. The third-order valence-electron chi connectivity index (χ3n) is 3.11. The number of aliphatic hydroxyl groups excluding tert-OH is 1. The molecule has 2 atom stereocenters. The molecule has 1 aromatic heterocycles. The average molecular weight is 334 g/mol. The van der Waals surface area contributed by atoms with Crippen LogP contribution in [0.4, 0.5) is 0 Å². The molecular formula is C13H24BrN3O2. The van der Waals surface area contributed by atoms with E-state index >= 15 is 0 Å². The van der Waals surface area contributed by atoms with Gasteiger partial charge in [-0.15, -0.1) is 0 Å². The lowest BCUT2D eigenvalue weighted by Gasteiger charge is -2.26. The minimum atomic E-state index is -0.691. The Morgan fingerprint density at radius 3 is 2.58 bits per heavy atom. The zero-order chi connectivity index (χ0) is 14.6. The number of nitrogens with zero attached hydrogens (tertiary/aromatic N) is 3. The van der Waals surface area contributed by atoms with Gasteiger partial charge in [-0.3, -0.25) is 4.68 Å². The van der Waals surface area contributed by atoms with Gasteiger partial charge in [0, 0.05) is 13.7 Å². The first kappa shape index (κ1) is 16.6. The highest BCUT2D eigenvalue weighted by Gasteiger charge is 2.28. The van der Waals surface area contributed by atoms with Gasteiger partial charge >= 0.3 is 0 Å². The highest BCUT2D eigenvalue weighted by atomic mass is 79.9. The number of aliphatic hydroxyl groups is 1. The molecule has 2 unspecified atom stereocenters. The Labute approximate surface area is 123 Å². The van der Waals surface area contributed by atoms with Crippen LogP contribution in [0.5, 0.6) is 0 Å². The normalized spacial score (nSPS) is 15.2. The molecule has 6 heteroatoms. The second-order valence-corrected chi connectivity index (χ2v) is 6.15. The van der Waals surface area contributed by atoms with Crippen molar-refractivity contribution in [3.8, 4) is 0 Å². The van der Waals surface area contributed by atoms with E-state index in [-0.39, 0.29) is 12.0 Å². The Morgan fingerprint density at radius 1 is 1.47 bits per heavy atom. The van der Waals surface area contributed by atoms with Gasteiger partial charge in [-0.05, 0) is 35.9 Å². The zero-order valence-electron chi connectivity index (χ0n) is 12.3. The third-order valence-corrected chi connectivity index (χ3v) is 3.72. The van der Waals surface area contributed by atoms with Gasteiger partial charge in [0.05, 0.1) is 29.0 Å². The van der Waals surface area contributed by atoms with Crippen molar-refractivity contribution in [3.63, 3.8) is 0 Å². The molecule has 1 N–H and O–H groups in total. The van der Waals surface area contributed by atoms with Crippen LogP contribution in [0.15, 0.2) is 10.7 Å². The van der Waals surface area contributed by atoms with E-state index in [0.717, 1.165) is 23.3 Å². The van der Waals surface area contributed by atoms with Crippen molar-refractivity contribution in [2.24, 2.45) is 5.92 Å². The fourth-order valence-corrected chi connectivity index (χ4v) is 2.59. The molecule has 0 spiro atoms. The van der Waals surface area contributed by atoms with Gasteiger partial charge in [0.2, 0.25) is 0 Å². The van der Waals surface area contributed by atoms with Crippen molar-refractivity contribution in [3.05, 3.63) is 16.4 Å². The van der Waals surface area contributed by atoms with Crippen LogP contribution >= 0.6 is 15.9 Å². The Kier molecular flexibility index (Phi) is 6.46. The van der Waals surface area contributed by atoms with Crippen molar-refractivity contribution in [1.82, 2.24) is 14.7 Å². The summed E-state index contributed by atoms with van der Waals surface area (Å²) in [5.41, 5.74) is 0.780. The summed E-state index contributed by atoms with van der Waals surface area (Å²) in [6.07, 6.45) is 0.788. The lowest BCUT2D eigenvalue weighted by Crippen LogP contribution is -2.29. The Hall–Kier alpha value is -0.430. The van der Waals surface area contributed by atoms with Gasteiger partial charge in [0.1, 0.15) is 6.10 Å². The first-order valence-electron chi connectivity index (χ1n) is 6.45. The van der Waals surface area contributed by atoms with Crippen LogP contribution in [0, 0.1) is 5.92 Å². The number of hydrogen-bond acceptors (Lipinski definition) is 4. The second-order valence-electron chi connectivity index (χ2n) is 5.29. The molecule has 1 rings (SSSR count). The minimum Gasteiger partial charge on any atom is -0.384 e. The van der Waals surface area contributed by atoms with Crippen LogP contribution in [-0.4, -0.2) is 53.6 Å². The summed E-state index contributed by atoms with van der Waals surface area (Å²) < 4.78 is 8.07. The Morgan fingerprint density at radius 2 is 2.11 bits per heavy atom. The van der Waals surface area contributed by atoms with Gasteiger partial charge in [-0.25, -0.2) is 0 Å². The van der Waals surface area contributed by atoms with Crippen molar-refractivity contribution < 1.29 is 9.84 Å². The highest BCUT2D eigenvalue weighted by molar-refractivity contribution is 9.10. The van der Waals surface area contributed by atoms with E-state index in [4.69, 9.17) is 4.74 Å². The summed E-state index contributed by atoms with van der Waals surface area (Å²) in [5, 5.41) is 14.8. The molecule has 0 aliphatic carbocycles. The largest absolute Gasteiger partial charge is 0.384 e. The van der Waals surface area contributed by atoms with Gasteiger partial charge in [0.15, 0.2) is 0 Å². The molecular weight excluding hydrogens is 310 g/mol. The van der Waals surface area contributed by atoms with E-state index < -0.39 is 6.10 Å². The summed E-state index contributed by atoms with van der Waals surface area (Å²) in [6, 6.07) is 0. The first-order valence-corrected chi connectivity index (χ1v) is 7.24. The summed E-state index contributed by atoms with van der Waals surface area (Å²) in [7, 11) is 5.66. The molecule has 110 valence electrons. The molecule has 0 amide bonds. The highest BCUT2D eigenvalue weighted by Crippen LogP contribution is 2.29. The van der Waals surface area contributed by atoms with E-state index in [1.807, 2.05) is 32.6 Å². The predicted octanol–water partition coefficient (Wildman–Crippen LogP) is 1.91. The van der Waals surface area contributed by atoms with Crippen LogP contribution in [0.25, 0.3) is 0 Å². The molecule has 0 saturated carbocycles. The Bertz CT molecular complexity index is 393. The average Bonchev–Trinajstić information content (AvgIpc) is 2.68. The van der Waals surface area contributed by atoms with Crippen molar-refractivity contribution in [2.75, 3.05) is 27.7 Å². The standard InChI is InChI=1S/C13H24BrN3O2/c1-9(2)13(19-5)12(18)11-10(14)8-15-17(11)7-6-16(3)4/h8-9,12-13,18H,6-7H2,1-5H3. The van der Waals surface area contributed by atoms with Crippen molar-refractivity contribution in [1.29, 1.82) is 0 Å². The van der Waals surface area contributed by atoms with Gasteiger partial charge in [-0.1, -0.05) is 13.8 Å². The van der Waals surface area contributed by atoms with Gasteiger partial charge in [-0.2, -0.15) is 5.10 Å². The summed E-state index contributed by atoms with van der Waals surface area (Å²) in [4.78, 5) is 2.09. The van der Waals surface area contributed by atoms with E-state index in [1.54, 1.807) is 13.3 Å². The first-order chi connectivity index (χ1) is 8.88. The maximum absolute atomic E-state index is 10.5. The molecule has 0 aliphatic heterocycles. The van der Waals surface area contributed by atoms with Crippen LogP contribution in [0.2, 0.25) is 0 Å². The third kappa shape index (κ3) is 4.27. The lowest BCUT2D eigenvalue weighted by atomic mass is 9.99. The molecule has 1 aromatic rings. The molecule has 5 nitrogen and oxygen atoms in total. The smallest absolute Gasteiger partial charge is 0.123 e. The SMILES string of the molecule is COC(C(C)C)C(O)c1c(Br)cnn1CCN(C)C. The van der Waals surface area contributed by atoms with Crippen LogP contribution in [-0.2, 0) is 11.3 Å².